The number of hydrogen-bond acceptors (Lipinski definition) is 0. The Hall–Kier alpha value is -5.20. The molecule has 0 fully saturated rings. The first-order valence-electron chi connectivity index (χ1n) is 13.5. The molecular weight excluding hydrogens is 480 g/mol. The molecule has 0 atom stereocenters. The van der Waals surface area contributed by atoms with E-state index in [1.165, 1.54) is 21.9 Å². The van der Waals surface area contributed by atoms with Gasteiger partial charge in [0.25, 0.3) is 0 Å². The maximum atomic E-state index is 4.32. The SMILES string of the molecule is C=Cc1c(C=C)c(-c2c(C=C)c(C=C)c(-c3ccccc3)c3ccccc23)c2ccccc2c1-c1ccccc1. The highest BCUT2D eigenvalue weighted by Crippen LogP contribution is 2.49. The van der Waals surface area contributed by atoms with Crippen molar-refractivity contribution in [3.05, 3.63) is 158 Å². The van der Waals surface area contributed by atoms with Gasteiger partial charge in [-0.3, -0.25) is 0 Å². The van der Waals surface area contributed by atoms with Gasteiger partial charge in [0.2, 0.25) is 0 Å². The summed E-state index contributed by atoms with van der Waals surface area (Å²) in [7, 11) is 0. The predicted molar refractivity (Wildman–Crippen MR) is 178 cm³/mol. The zero-order chi connectivity index (χ0) is 27.6. The van der Waals surface area contributed by atoms with Crippen LogP contribution < -0.4 is 0 Å². The van der Waals surface area contributed by atoms with Gasteiger partial charge in [0.15, 0.2) is 0 Å². The molecule has 6 rings (SSSR count). The van der Waals surface area contributed by atoms with E-state index in [1.54, 1.807) is 0 Å². The molecule has 0 aliphatic rings. The van der Waals surface area contributed by atoms with Gasteiger partial charge < -0.3 is 0 Å². The normalized spacial score (nSPS) is 10.9. The molecule has 0 saturated carbocycles. The first-order valence-corrected chi connectivity index (χ1v) is 13.5. The van der Waals surface area contributed by atoms with Crippen LogP contribution in [-0.2, 0) is 0 Å². The molecule has 0 unspecified atom stereocenters. The quantitative estimate of drug-likeness (QED) is 0.200. The summed E-state index contributed by atoms with van der Waals surface area (Å²) >= 11 is 0. The Morgan fingerprint density at radius 1 is 0.300 bits per heavy atom. The van der Waals surface area contributed by atoms with Crippen LogP contribution in [0.25, 0.3) is 79.2 Å². The largest absolute Gasteiger partial charge is 0.0984 e. The molecule has 0 bridgehead atoms. The van der Waals surface area contributed by atoms with E-state index in [4.69, 9.17) is 0 Å². The number of rotatable bonds is 7. The average Bonchev–Trinajstić information content (AvgIpc) is 3.03. The lowest BCUT2D eigenvalue weighted by Gasteiger charge is -2.25. The monoisotopic (exact) mass is 510 g/mol. The van der Waals surface area contributed by atoms with Crippen LogP contribution in [0.2, 0.25) is 0 Å². The van der Waals surface area contributed by atoms with Crippen LogP contribution in [0.1, 0.15) is 22.3 Å². The minimum Gasteiger partial charge on any atom is -0.0984 e. The Kier molecular flexibility index (Phi) is 6.60. The standard InChI is InChI=1S/C40H30/c1-5-29-31(7-3)39(35-25-17-15-23-33(35)37(29)27-19-11-9-12-20-27)40-32(8-4)30(6-2)38(28-21-13-10-14-22-28)34-24-16-18-26-36(34)40/h5-26H,1-4H2. The van der Waals surface area contributed by atoms with Crippen molar-refractivity contribution in [3.8, 4) is 33.4 Å². The van der Waals surface area contributed by atoms with Crippen LogP contribution in [0.4, 0.5) is 0 Å². The van der Waals surface area contributed by atoms with E-state index >= 15 is 0 Å². The van der Waals surface area contributed by atoms with Crippen LogP contribution in [0.15, 0.2) is 136 Å². The van der Waals surface area contributed by atoms with E-state index in [2.05, 4.69) is 136 Å². The zero-order valence-corrected chi connectivity index (χ0v) is 22.5. The maximum Gasteiger partial charge on any atom is -0.00141 e. The predicted octanol–water partition coefficient (Wildman–Crippen LogP) is 11.6. The summed E-state index contributed by atoms with van der Waals surface area (Å²) < 4.78 is 0. The first kappa shape index (κ1) is 25.1. The molecule has 0 aliphatic carbocycles. The summed E-state index contributed by atoms with van der Waals surface area (Å²) in [4.78, 5) is 0. The number of fused-ring (bicyclic) bond motifs is 2. The van der Waals surface area contributed by atoms with Crippen LogP contribution >= 0.6 is 0 Å². The van der Waals surface area contributed by atoms with Gasteiger partial charge in [-0.15, -0.1) is 0 Å². The maximum absolute atomic E-state index is 4.32. The lowest BCUT2D eigenvalue weighted by atomic mass is 9.78. The third-order valence-corrected chi connectivity index (χ3v) is 7.78. The van der Waals surface area contributed by atoms with E-state index in [0.717, 1.165) is 55.3 Å². The molecule has 6 aromatic carbocycles. The van der Waals surface area contributed by atoms with Gasteiger partial charge in [-0.2, -0.15) is 0 Å². The second kappa shape index (κ2) is 10.5. The van der Waals surface area contributed by atoms with Crippen molar-refractivity contribution in [1.82, 2.24) is 0 Å². The molecule has 40 heavy (non-hydrogen) atoms. The van der Waals surface area contributed by atoms with Crippen LogP contribution in [0.5, 0.6) is 0 Å². The van der Waals surface area contributed by atoms with Crippen molar-refractivity contribution >= 4 is 45.8 Å². The molecule has 0 saturated heterocycles. The summed E-state index contributed by atoms with van der Waals surface area (Å²) in [6.45, 7) is 17.2. The van der Waals surface area contributed by atoms with E-state index in [1.807, 2.05) is 24.3 Å². The topological polar surface area (TPSA) is 0 Å². The third kappa shape index (κ3) is 3.85. The van der Waals surface area contributed by atoms with E-state index in [9.17, 15) is 0 Å². The third-order valence-electron chi connectivity index (χ3n) is 7.78. The Labute approximate surface area is 236 Å². The van der Waals surface area contributed by atoms with Crippen molar-refractivity contribution in [2.45, 2.75) is 0 Å². The van der Waals surface area contributed by atoms with Crippen molar-refractivity contribution in [2.75, 3.05) is 0 Å². The van der Waals surface area contributed by atoms with Crippen LogP contribution in [0, 0.1) is 0 Å². The average molecular weight is 511 g/mol. The number of hydrogen-bond donors (Lipinski definition) is 0. The second-order valence-electron chi connectivity index (χ2n) is 9.79. The summed E-state index contributed by atoms with van der Waals surface area (Å²) in [6, 6.07) is 38.4. The lowest BCUT2D eigenvalue weighted by molar-refractivity contribution is 1.57. The molecule has 0 heteroatoms. The zero-order valence-electron chi connectivity index (χ0n) is 22.5. The van der Waals surface area contributed by atoms with Crippen LogP contribution in [-0.4, -0.2) is 0 Å². The Morgan fingerprint density at radius 3 is 0.850 bits per heavy atom. The first-order chi connectivity index (χ1) is 19.7. The van der Waals surface area contributed by atoms with Gasteiger partial charge >= 0.3 is 0 Å². The van der Waals surface area contributed by atoms with Crippen molar-refractivity contribution in [2.24, 2.45) is 0 Å². The second-order valence-corrected chi connectivity index (χ2v) is 9.79. The fourth-order valence-electron chi connectivity index (χ4n) is 6.18. The van der Waals surface area contributed by atoms with Crippen LogP contribution in [0.3, 0.4) is 0 Å². The number of benzene rings is 6. The molecule has 0 heterocycles. The minimum absolute atomic E-state index is 1.06. The molecule has 0 nitrogen and oxygen atoms in total. The highest BCUT2D eigenvalue weighted by molar-refractivity contribution is 6.19. The molecular formula is C40H30. The van der Waals surface area contributed by atoms with E-state index < -0.39 is 0 Å². The molecule has 0 radical (unpaired) electrons. The minimum atomic E-state index is 1.06. The van der Waals surface area contributed by atoms with Gasteiger partial charge in [-0.05, 0) is 77.2 Å². The van der Waals surface area contributed by atoms with Gasteiger partial charge in [0.05, 0.1) is 0 Å². The summed E-state index contributed by atoms with van der Waals surface area (Å²) in [5.74, 6) is 0. The summed E-state index contributed by atoms with van der Waals surface area (Å²) in [6.07, 6.45) is 7.90. The molecule has 0 aromatic heterocycles. The summed E-state index contributed by atoms with van der Waals surface area (Å²) in [5.41, 5.74) is 11.2. The molecule has 0 aliphatic heterocycles. The molecule has 6 aromatic rings. The highest BCUT2D eigenvalue weighted by atomic mass is 14.3. The van der Waals surface area contributed by atoms with Gasteiger partial charge in [-0.1, -0.05) is 160 Å². The van der Waals surface area contributed by atoms with Gasteiger partial charge in [0.1, 0.15) is 0 Å². The highest BCUT2D eigenvalue weighted by Gasteiger charge is 2.24. The fraction of sp³-hybridized carbons (Fsp3) is 0. The van der Waals surface area contributed by atoms with Crippen molar-refractivity contribution < 1.29 is 0 Å². The lowest BCUT2D eigenvalue weighted by Crippen LogP contribution is -2.00. The Morgan fingerprint density at radius 2 is 0.550 bits per heavy atom. The summed E-state index contributed by atoms with van der Waals surface area (Å²) in [5, 5.41) is 4.68. The van der Waals surface area contributed by atoms with Crippen molar-refractivity contribution in [1.29, 1.82) is 0 Å². The fourth-order valence-corrected chi connectivity index (χ4v) is 6.18. The Balaban J connectivity index is 1.87. The van der Waals surface area contributed by atoms with E-state index in [0.29, 0.717) is 0 Å². The van der Waals surface area contributed by atoms with Gasteiger partial charge in [0, 0.05) is 0 Å². The molecule has 0 spiro atoms. The van der Waals surface area contributed by atoms with Crippen molar-refractivity contribution in [3.63, 3.8) is 0 Å². The molecule has 190 valence electrons. The van der Waals surface area contributed by atoms with Gasteiger partial charge in [-0.25, -0.2) is 0 Å². The smallest absolute Gasteiger partial charge is 0.00141 e. The van der Waals surface area contributed by atoms with E-state index in [-0.39, 0.29) is 0 Å². The molecule has 0 N–H and O–H groups in total. The Bertz CT molecular complexity index is 1790. The molecule has 0 amide bonds.